The highest BCUT2D eigenvalue weighted by atomic mass is 32.2. The first-order valence-corrected chi connectivity index (χ1v) is 11.8. The molecule has 1 heterocycles. The van der Waals surface area contributed by atoms with Crippen LogP contribution in [0.3, 0.4) is 0 Å². The summed E-state index contributed by atoms with van der Waals surface area (Å²) >= 11 is 0. The molecule has 2 aliphatic rings. The molecule has 0 saturated heterocycles. The lowest BCUT2D eigenvalue weighted by Crippen LogP contribution is -2.33. The molecule has 1 aliphatic heterocycles. The molecule has 0 bridgehead atoms. The van der Waals surface area contributed by atoms with Gasteiger partial charge in [-0.3, -0.25) is 0 Å². The Labute approximate surface area is 178 Å². The van der Waals surface area contributed by atoms with Crippen molar-refractivity contribution in [3.63, 3.8) is 0 Å². The number of rotatable bonds is 6. The van der Waals surface area contributed by atoms with Crippen molar-refractivity contribution in [3.8, 4) is 11.5 Å². The van der Waals surface area contributed by atoms with Crippen molar-refractivity contribution in [2.45, 2.75) is 49.6 Å². The number of para-hydroxylation sites is 1. The van der Waals surface area contributed by atoms with E-state index in [1.54, 1.807) is 18.2 Å². The van der Waals surface area contributed by atoms with Gasteiger partial charge in [-0.25, -0.2) is 13.1 Å². The van der Waals surface area contributed by atoms with E-state index in [2.05, 4.69) is 22.2 Å². The number of allylic oxidation sites excluding steroid dienone is 2. The molecular weight excluding hydrogens is 400 g/mol. The van der Waals surface area contributed by atoms with Gasteiger partial charge in [0.1, 0.15) is 0 Å². The van der Waals surface area contributed by atoms with Crippen molar-refractivity contribution in [1.82, 2.24) is 4.72 Å². The molecule has 0 radical (unpaired) electrons. The Balaban J connectivity index is 1.73. The fraction of sp³-hybridized carbons (Fsp3) is 0.391. The van der Waals surface area contributed by atoms with Crippen molar-refractivity contribution in [2.75, 3.05) is 12.4 Å². The third-order valence-corrected chi connectivity index (χ3v) is 7.79. The van der Waals surface area contributed by atoms with Crippen LogP contribution >= 0.6 is 0 Å². The summed E-state index contributed by atoms with van der Waals surface area (Å²) < 4.78 is 33.6. The van der Waals surface area contributed by atoms with Gasteiger partial charge in [-0.05, 0) is 55.5 Å². The molecular formula is C23H28N2O4S. The first-order valence-electron chi connectivity index (χ1n) is 10.3. The maximum Gasteiger partial charge on any atom is 0.240 e. The quantitative estimate of drug-likeness (QED) is 0.597. The van der Waals surface area contributed by atoms with Crippen LogP contribution in [0.4, 0.5) is 5.69 Å². The van der Waals surface area contributed by atoms with Gasteiger partial charge in [0.25, 0.3) is 0 Å². The molecule has 30 heavy (non-hydrogen) atoms. The Bertz CT molecular complexity index is 1080. The van der Waals surface area contributed by atoms with Crippen molar-refractivity contribution in [1.29, 1.82) is 0 Å². The van der Waals surface area contributed by atoms with E-state index in [1.807, 2.05) is 32.0 Å². The number of nitrogens with one attached hydrogen (secondary N) is 2. The highest BCUT2D eigenvalue weighted by molar-refractivity contribution is 7.89. The van der Waals surface area contributed by atoms with Gasteiger partial charge in [0.05, 0.1) is 18.0 Å². The van der Waals surface area contributed by atoms with Crippen LogP contribution in [0, 0.1) is 5.92 Å². The van der Waals surface area contributed by atoms with Crippen LogP contribution in [0.25, 0.3) is 0 Å². The Morgan fingerprint density at radius 1 is 1.27 bits per heavy atom. The smallest absolute Gasteiger partial charge is 0.240 e. The van der Waals surface area contributed by atoms with E-state index in [9.17, 15) is 13.5 Å². The zero-order valence-corrected chi connectivity index (χ0v) is 18.2. The van der Waals surface area contributed by atoms with Crippen LogP contribution < -0.4 is 14.8 Å². The molecule has 7 heteroatoms. The highest BCUT2D eigenvalue weighted by Gasteiger charge is 2.39. The maximum atomic E-state index is 12.8. The molecule has 4 unspecified atom stereocenters. The molecule has 0 saturated carbocycles. The van der Waals surface area contributed by atoms with E-state index < -0.39 is 10.0 Å². The van der Waals surface area contributed by atoms with Crippen LogP contribution in [0.1, 0.15) is 49.8 Å². The molecule has 0 amide bonds. The molecule has 6 nitrogen and oxygen atoms in total. The summed E-state index contributed by atoms with van der Waals surface area (Å²) in [6.07, 6.45) is 5.85. The lowest BCUT2D eigenvalue weighted by Gasteiger charge is -2.38. The molecule has 160 valence electrons. The lowest BCUT2D eigenvalue weighted by molar-refractivity contribution is 0.358. The first-order chi connectivity index (χ1) is 14.4. The predicted molar refractivity (Wildman–Crippen MR) is 118 cm³/mol. The van der Waals surface area contributed by atoms with Crippen LogP contribution in [-0.2, 0) is 10.0 Å². The Morgan fingerprint density at radius 2 is 2.07 bits per heavy atom. The van der Waals surface area contributed by atoms with E-state index in [0.29, 0.717) is 5.75 Å². The largest absolute Gasteiger partial charge is 0.504 e. The van der Waals surface area contributed by atoms with Crippen LogP contribution in [0.2, 0.25) is 0 Å². The molecule has 3 N–H and O–H groups in total. The van der Waals surface area contributed by atoms with Crippen molar-refractivity contribution >= 4 is 15.7 Å². The molecule has 0 spiro atoms. The summed E-state index contributed by atoms with van der Waals surface area (Å²) in [6, 6.07) is 10.5. The fourth-order valence-electron chi connectivity index (χ4n) is 4.42. The second kappa shape index (κ2) is 7.96. The SMILES string of the molecule is CCC(C)NS(=O)(=O)c1ccc2c(c1)C1C=CCC1C(c1cccc(OC)c1O)N2. The van der Waals surface area contributed by atoms with E-state index >= 15 is 0 Å². The number of benzene rings is 2. The van der Waals surface area contributed by atoms with Gasteiger partial charge in [-0.1, -0.05) is 31.2 Å². The average molecular weight is 429 g/mol. The van der Waals surface area contributed by atoms with Gasteiger partial charge in [-0.15, -0.1) is 0 Å². The summed E-state index contributed by atoms with van der Waals surface area (Å²) in [6.45, 7) is 3.81. The number of hydrogen-bond acceptors (Lipinski definition) is 5. The Kier molecular flexibility index (Phi) is 5.51. The standard InChI is InChI=1S/C23H28N2O4S/c1-4-14(2)25-30(27,28)15-11-12-20-19(13-15)16-7-5-8-17(16)22(24-20)18-9-6-10-21(29-3)23(18)26/h5-7,9-14,16-17,22,24-26H,4,8H2,1-3H3. The topological polar surface area (TPSA) is 87.7 Å². The third kappa shape index (κ3) is 3.56. The molecule has 4 rings (SSSR count). The molecule has 1 aliphatic carbocycles. The van der Waals surface area contributed by atoms with E-state index in [1.165, 1.54) is 7.11 Å². The summed E-state index contributed by atoms with van der Waals surface area (Å²) in [5, 5.41) is 14.2. The summed E-state index contributed by atoms with van der Waals surface area (Å²) in [7, 11) is -2.03. The Hall–Kier alpha value is -2.51. The maximum absolute atomic E-state index is 12.8. The average Bonchev–Trinajstić information content (AvgIpc) is 3.23. The van der Waals surface area contributed by atoms with Crippen LogP contribution in [0.15, 0.2) is 53.4 Å². The van der Waals surface area contributed by atoms with Crippen LogP contribution in [-0.4, -0.2) is 26.7 Å². The minimum atomic E-state index is -3.57. The zero-order valence-electron chi connectivity index (χ0n) is 17.4. The zero-order chi connectivity index (χ0) is 21.5. The van der Waals surface area contributed by atoms with Crippen LogP contribution in [0.5, 0.6) is 11.5 Å². The summed E-state index contributed by atoms with van der Waals surface area (Å²) in [5.41, 5.74) is 2.64. The van der Waals surface area contributed by atoms with Crippen molar-refractivity contribution in [3.05, 3.63) is 59.7 Å². The number of hydrogen-bond donors (Lipinski definition) is 3. The van der Waals surface area contributed by atoms with E-state index in [-0.39, 0.29) is 34.6 Å². The van der Waals surface area contributed by atoms with Gasteiger partial charge in [0, 0.05) is 23.2 Å². The van der Waals surface area contributed by atoms with Gasteiger partial charge in [0.15, 0.2) is 11.5 Å². The van der Waals surface area contributed by atoms with E-state index in [4.69, 9.17) is 4.74 Å². The number of fused-ring (bicyclic) bond motifs is 3. The monoisotopic (exact) mass is 428 g/mol. The normalized spacial score (nSPS) is 23.4. The van der Waals surface area contributed by atoms with Gasteiger partial charge in [-0.2, -0.15) is 0 Å². The highest BCUT2D eigenvalue weighted by Crippen LogP contribution is 2.52. The van der Waals surface area contributed by atoms with Gasteiger partial charge >= 0.3 is 0 Å². The summed E-state index contributed by atoms with van der Waals surface area (Å²) in [5.74, 6) is 0.843. The second-order valence-corrected chi connectivity index (χ2v) is 9.77. The second-order valence-electron chi connectivity index (χ2n) is 8.05. The molecule has 2 aromatic carbocycles. The van der Waals surface area contributed by atoms with Gasteiger partial charge in [0.2, 0.25) is 10.0 Å². The number of anilines is 1. The van der Waals surface area contributed by atoms with Crippen molar-refractivity contribution < 1.29 is 18.3 Å². The minimum Gasteiger partial charge on any atom is -0.504 e. The number of aromatic hydroxyl groups is 1. The number of phenols is 1. The Morgan fingerprint density at radius 3 is 2.80 bits per heavy atom. The first kappa shape index (κ1) is 20.8. The third-order valence-electron chi connectivity index (χ3n) is 6.20. The number of methoxy groups -OCH3 is 1. The number of sulfonamides is 1. The lowest BCUT2D eigenvalue weighted by atomic mass is 9.77. The molecule has 2 aromatic rings. The van der Waals surface area contributed by atoms with Crippen molar-refractivity contribution in [2.24, 2.45) is 5.92 Å². The minimum absolute atomic E-state index is 0.0793. The van der Waals surface area contributed by atoms with E-state index in [0.717, 1.165) is 29.7 Å². The fourth-order valence-corrected chi connectivity index (χ4v) is 5.78. The molecule has 4 atom stereocenters. The molecule has 0 aromatic heterocycles. The molecule has 0 fully saturated rings. The number of ether oxygens (including phenoxy) is 1. The number of phenolic OH excluding ortho intramolecular Hbond substituents is 1. The summed E-state index contributed by atoms with van der Waals surface area (Å²) in [4.78, 5) is 0.282. The predicted octanol–water partition coefficient (Wildman–Crippen LogP) is 4.30. The van der Waals surface area contributed by atoms with Gasteiger partial charge < -0.3 is 15.2 Å².